The molecule has 1 amide bonds. The highest BCUT2D eigenvalue weighted by Crippen LogP contribution is 2.16. The Morgan fingerprint density at radius 3 is 2.95 bits per heavy atom. The molecule has 0 aromatic rings. The van der Waals surface area contributed by atoms with Gasteiger partial charge in [-0.05, 0) is 25.8 Å². The van der Waals surface area contributed by atoms with Gasteiger partial charge in [0.25, 0.3) is 0 Å². The van der Waals surface area contributed by atoms with Gasteiger partial charge in [0.1, 0.15) is 0 Å². The molecule has 1 saturated heterocycles. The molecule has 6 nitrogen and oxygen atoms in total. The van der Waals surface area contributed by atoms with Crippen molar-refractivity contribution in [2.45, 2.75) is 32.6 Å². The Bertz CT molecular complexity index is 310. The summed E-state index contributed by atoms with van der Waals surface area (Å²) in [5.74, 6) is -0.195. The average molecular weight is 285 g/mol. The summed E-state index contributed by atoms with van der Waals surface area (Å²) in [4.78, 5) is 25.5. The minimum absolute atomic E-state index is 0.0412. The molecule has 1 aliphatic rings. The first-order valence-electron chi connectivity index (χ1n) is 7.53. The SMILES string of the molecule is CCCCOC(=O)CN1CCCC(C(=O)NCCN)C1. The lowest BCUT2D eigenvalue weighted by atomic mass is 9.97. The number of piperidine rings is 1. The lowest BCUT2D eigenvalue weighted by Crippen LogP contribution is -2.45. The standard InChI is InChI=1S/C14H27N3O3/c1-2-3-9-20-13(18)11-17-8-4-5-12(10-17)14(19)16-7-6-15/h12H,2-11,15H2,1H3,(H,16,19). The van der Waals surface area contributed by atoms with E-state index in [-0.39, 0.29) is 24.3 Å². The third-order valence-electron chi connectivity index (χ3n) is 3.43. The summed E-state index contributed by atoms with van der Waals surface area (Å²) in [6, 6.07) is 0. The molecule has 1 fully saturated rings. The highest BCUT2D eigenvalue weighted by atomic mass is 16.5. The third kappa shape index (κ3) is 6.34. The fourth-order valence-corrected chi connectivity index (χ4v) is 2.31. The van der Waals surface area contributed by atoms with Crippen molar-refractivity contribution in [2.75, 3.05) is 39.3 Å². The number of rotatable bonds is 8. The van der Waals surface area contributed by atoms with E-state index in [0.717, 1.165) is 32.2 Å². The number of nitrogens with one attached hydrogen (secondary N) is 1. The Labute approximate surface area is 121 Å². The number of ether oxygens (including phenoxy) is 1. The molecule has 6 heteroatoms. The molecule has 0 radical (unpaired) electrons. The van der Waals surface area contributed by atoms with Crippen LogP contribution in [-0.2, 0) is 14.3 Å². The predicted molar refractivity (Wildman–Crippen MR) is 77.1 cm³/mol. The van der Waals surface area contributed by atoms with Gasteiger partial charge in [-0.2, -0.15) is 0 Å². The van der Waals surface area contributed by atoms with Gasteiger partial charge in [-0.3, -0.25) is 14.5 Å². The van der Waals surface area contributed by atoms with E-state index in [2.05, 4.69) is 12.2 Å². The Morgan fingerprint density at radius 2 is 2.25 bits per heavy atom. The number of hydrogen-bond donors (Lipinski definition) is 2. The second-order valence-electron chi connectivity index (χ2n) is 5.23. The van der Waals surface area contributed by atoms with Crippen LogP contribution in [0.2, 0.25) is 0 Å². The van der Waals surface area contributed by atoms with E-state index in [4.69, 9.17) is 10.5 Å². The van der Waals surface area contributed by atoms with Crippen LogP contribution in [-0.4, -0.2) is 56.1 Å². The van der Waals surface area contributed by atoms with E-state index in [0.29, 0.717) is 26.2 Å². The molecule has 0 aliphatic carbocycles. The minimum Gasteiger partial charge on any atom is -0.465 e. The summed E-state index contributed by atoms with van der Waals surface area (Å²) in [5.41, 5.74) is 5.37. The molecule has 0 bridgehead atoms. The zero-order valence-electron chi connectivity index (χ0n) is 12.4. The van der Waals surface area contributed by atoms with E-state index in [1.807, 2.05) is 4.90 Å². The van der Waals surface area contributed by atoms with Gasteiger partial charge in [0, 0.05) is 19.6 Å². The van der Waals surface area contributed by atoms with Gasteiger partial charge < -0.3 is 15.8 Å². The number of nitrogens with zero attached hydrogens (tertiary/aromatic N) is 1. The molecule has 20 heavy (non-hydrogen) atoms. The van der Waals surface area contributed by atoms with Crippen molar-refractivity contribution in [2.24, 2.45) is 11.7 Å². The zero-order valence-corrected chi connectivity index (χ0v) is 12.4. The quantitative estimate of drug-likeness (QED) is 0.489. The Balaban J connectivity index is 2.29. The number of esters is 1. The van der Waals surface area contributed by atoms with Crippen molar-refractivity contribution in [1.82, 2.24) is 10.2 Å². The average Bonchev–Trinajstić information content (AvgIpc) is 2.45. The molecule has 0 saturated carbocycles. The fourth-order valence-electron chi connectivity index (χ4n) is 2.31. The molecule has 1 heterocycles. The normalized spacial score (nSPS) is 19.6. The van der Waals surface area contributed by atoms with Crippen LogP contribution in [0.15, 0.2) is 0 Å². The monoisotopic (exact) mass is 285 g/mol. The Hall–Kier alpha value is -1.14. The first kappa shape index (κ1) is 16.9. The van der Waals surface area contributed by atoms with Crippen molar-refractivity contribution in [3.8, 4) is 0 Å². The molecule has 116 valence electrons. The first-order chi connectivity index (χ1) is 9.67. The van der Waals surface area contributed by atoms with Crippen LogP contribution in [0.5, 0.6) is 0 Å². The lowest BCUT2D eigenvalue weighted by molar-refractivity contribution is -0.146. The van der Waals surface area contributed by atoms with Crippen LogP contribution in [0, 0.1) is 5.92 Å². The molecular weight excluding hydrogens is 258 g/mol. The van der Waals surface area contributed by atoms with Gasteiger partial charge in [0.15, 0.2) is 0 Å². The minimum atomic E-state index is -0.193. The summed E-state index contributed by atoms with van der Waals surface area (Å²) in [6.45, 7) is 5.26. The molecule has 0 aromatic carbocycles. The highest BCUT2D eigenvalue weighted by Gasteiger charge is 2.26. The molecule has 1 unspecified atom stereocenters. The van der Waals surface area contributed by atoms with Crippen LogP contribution < -0.4 is 11.1 Å². The molecule has 1 aliphatic heterocycles. The second-order valence-corrected chi connectivity index (χ2v) is 5.23. The summed E-state index contributed by atoms with van der Waals surface area (Å²) >= 11 is 0. The molecular formula is C14H27N3O3. The maximum atomic E-state index is 11.9. The van der Waals surface area contributed by atoms with Crippen LogP contribution in [0.25, 0.3) is 0 Å². The van der Waals surface area contributed by atoms with Gasteiger partial charge in [-0.15, -0.1) is 0 Å². The summed E-state index contributed by atoms with van der Waals surface area (Å²) < 4.78 is 5.15. The Kier molecular flexibility index (Phi) is 8.22. The number of nitrogens with two attached hydrogens (primary N) is 1. The third-order valence-corrected chi connectivity index (χ3v) is 3.43. The maximum absolute atomic E-state index is 11.9. The van der Waals surface area contributed by atoms with Crippen molar-refractivity contribution >= 4 is 11.9 Å². The van der Waals surface area contributed by atoms with E-state index in [1.165, 1.54) is 0 Å². The van der Waals surface area contributed by atoms with Gasteiger partial charge in [0.05, 0.1) is 19.1 Å². The van der Waals surface area contributed by atoms with Gasteiger partial charge >= 0.3 is 5.97 Å². The predicted octanol–water partition coefficient (Wildman–Crippen LogP) is 0.117. The summed E-state index contributed by atoms with van der Waals surface area (Å²) in [5, 5.41) is 2.81. The molecule has 0 spiro atoms. The van der Waals surface area contributed by atoms with Crippen LogP contribution in [0.3, 0.4) is 0 Å². The summed E-state index contributed by atoms with van der Waals surface area (Å²) in [7, 11) is 0. The van der Waals surface area contributed by atoms with E-state index >= 15 is 0 Å². The van der Waals surface area contributed by atoms with Gasteiger partial charge in [-0.1, -0.05) is 13.3 Å². The first-order valence-corrected chi connectivity index (χ1v) is 7.53. The van der Waals surface area contributed by atoms with Gasteiger partial charge in [0.2, 0.25) is 5.91 Å². The smallest absolute Gasteiger partial charge is 0.320 e. The summed E-state index contributed by atoms with van der Waals surface area (Å²) in [6.07, 6.45) is 3.72. The lowest BCUT2D eigenvalue weighted by Gasteiger charge is -2.31. The van der Waals surface area contributed by atoms with Crippen LogP contribution >= 0.6 is 0 Å². The molecule has 1 rings (SSSR count). The largest absolute Gasteiger partial charge is 0.465 e. The zero-order chi connectivity index (χ0) is 14.8. The van der Waals surface area contributed by atoms with Crippen molar-refractivity contribution in [3.05, 3.63) is 0 Å². The number of amides is 1. The number of hydrogen-bond acceptors (Lipinski definition) is 5. The van der Waals surface area contributed by atoms with E-state index < -0.39 is 0 Å². The van der Waals surface area contributed by atoms with E-state index in [1.54, 1.807) is 0 Å². The number of carbonyl (C=O) groups is 2. The van der Waals surface area contributed by atoms with Crippen molar-refractivity contribution < 1.29 is 14.3 Å². The van der Waals surface area contributed by atoms with Crippen LogP contribution in [0.4, 0.5) is 0 Å². The fraction of sp³-hybridized carbons (Fsp3) is 0.857. The highest BCUT2D eigenvalue weighted by molar-refractivity contribution is 5.79. The maximum Gasteiger partial charge on any atom is 0.320 e. The van der Waals surface area contributed by atoms with Gasteiger partial charge in [-0.25, -0.2) is 0 Å². The number of unbranched alkanes of at least 4 members (excludes halogenated alkanes) is 1. The number of carbonyl (C=O) groups excluding carboxylic acids is 2. The number of likely N-dealkylation sites (tertiary alicyclic amines) is 1. The van der Waals surface area contributed by atoms with Crippen LogP contribution in [0.1, 0.15) is 32.6 Å². The van der Waals surface area contributed by atoms with Crippen molar-refractivity contribution in [3.63, 3.8) is 0 Å². The Morgan fingerprint density at radius 1 is 1.45 bits per heavy atom. The topological polar surface area (TPSA) is 84.7 Å². The van der Waals surface area contributed by atoms with E-state index in [9.17, 15) is 9.59 Å². The second kappa shape index (κ2) is 9.72. The molecule has 3 N–H and O–H groups in total. The van der Waals surface area contributed by atoms with Crippen molar-refractivity contribution in [1.29, 1.82) is 0 Å². The molecule has 1 atom stereocenters. The molecule has 0 aromatic heterocycles.